The number of carbonyl (C=O) groups excluding carboxylic acids is 2. The van der Waals surface area contributed by atoms with E-state index in [9.17, 15) is 44.6 Å². The van der Waals surface area contributed by atoms with Gasteiger partial charge in [-0.15, -0.1) is 0 Å². The van der Waals surface area contributed by atoms with Crippen LogP contribution in [0.1, 0.15) is 142 Å². The summed E-state index contributed by atoms with van der Waals surface area (Å²) in [6, 6.07) is 0. The second-order valence-corrected chi connectivity index (χ2v) is 16.0. The monoisotopic (exact) mass is 828 g/mol. The van der Waals surface area contributed by atoms with Gasteiger partial charge < -0.3 is 39.9 Å². The predicted octanol–water partition coefficient (Wildman–Crippen LogP) is 7.38. The maximum atomic E-state index is 12.8. The number of carbonyl (C=O) groups is 2. The lowest BCUT2D eigenvalue weighted by Gasteiger charge is -2.41. The van der Waals surface area contributed by atoms with Gasteiger partial charge in [0, 0.05) is 12.8 Å². The molecule has 0 aromatic carbocycles. The molecule has 0 spiro atoms. The third kappa shape index (κ3) is 26.3. The number of phosphoric ester groups is 1. The Morgan fingerprint density at radius 3 is 1.60 bits per heavy atom. The normalized spacial score (nSPS) is 23.3. The Hall–Kier alpha value is -2.45. The minimum atomic E-state index is -5.13. The van der Waals surface area contributed by atoms with Crippen molar-refractivity contribution in [2.45, 2.75) is 185 Å². The maximum Gasteiger partial charge on any atom is 0.472 e. The van der Waals surface area contributed by atoms with Crippen LogP contribution in [0.4, 0.5) is 0 Å². The summed E-state index contributed by atoms with van der Waals surface area (Å²) in [5.74, 6) is -1.15. The molecule has 1 aliphatic rings. The molecule has 0 heterocycles. The second kappa shape index (κ2) is 33.4. The molecule has 6 N–H and O–H groups in total. The number of esters is 2. The Morgan fingerprint density at radius 1 is 0.561 bits per heavy atom. The third-order valence-electron chi connectivity index (χ3n) is 9.44. The number of allylic oxidation sites excluding steroid dienone is 10. The smallest absolute Gasteiger partial charge is 0.462 e. The minimum absolute atomic E-state index is 0.0648. The molecule has 13 nitrogen and oxygen atoms in total. The number of aliphatic hydroxyl groups excluding tert-OH is 5. The zero-order valence-electron chi connectivity index (χ0n) is 34.4. The Kier molecular flexibility index (Phi) is 30.8. The molecule has 1 fully saturated rings. The van der Waals surface area contributed by atoms with E-state index in [4.69, 9.17) is 18.5 Å². The average Bonchev–Trinajstić information content (AvgIpc) is 3.19. The highest BCUT2D eigenvalue weighted by atomic mass is 31.2. The molecule has 1 aliphatic carbocycles. The molecule has 1 rings (SSSR count). The van der Waals surface area contributed by atoms with E-state index in [1.165, 1.54) is 38.5 Å². The van der Waals surface area contributed by atoms with Gasteiger partial charge in [0.1, 0.15) is 43.2 Å². The zero-order valence-corrected chi connectivity index (χ0v) is 35.3. The van der Waals surface area contributed by atoms with Gasteiger partial charge in [0.2, 0.25) is 0 Å². The molecule has 0 amide bonds. The Morgan fingerprint density at radius 2 is 1.02 bits per heavy atom. The number of aliphatic hydroxyl groups is 5. The van der Waals surface area contributed by atoms with Crippen molar-refractivity contribution in [2.75, 3.05) is 13.2 Å². The third-order valence-corrected chi connectivity index (χ3v) is 10.4. The van der Waals surface area contributed by atoms with Gasteiger partial charge in [0.25, 0.3) is 0 Å². The Balaban J connectivity index is 2.54. The first-order chi connectivity index (χ1) is 27.4. The molecule has 0 radical (unpaired) electrons. The highest BCUT2D eigenvalue weighted by Crippen LogP contribution is 2.47. The van der Waals surface area contributed by atoms with Crippen LogP contribution in [-0.2, 0) is 32.7 Å². The summed E-state index contributed by atoms with van der Waals surface area (Å²) in [5, 5.41) is 50.0. The SMILES string of the molecule is CC/C=C/C=C/C=C/C=C/CCCCCCCC(=O)O[C@H](COC(=O)CCCCC/C=C/CCCCCCCC)COP(=O)(O)OC1C(O)C(O)C(O)[C@@H](O)C1O. The van der Waals surface area contributed by atoms with Crippen molar-refractivity contribution in [3.8, 4) is 0 Å². The van der Waals surface area contributed by atoms with E-state index in [-0.39, 0.29) is 12.8 Å². The highest BCUT2D eigenvalue weighted by Gasteiger charge is 2.51. The van der Waals surface area contributed by atoms with Gasteiger partial charge in [0.05, 0.1) is 6.61 Å². The number of rotatable bonds is 33. The average molecular weight is 829 g/mol. The van der Waals surface area contributed by atoms with E-state index in [2.05, 4.69) is 38.2 Å². The van der Waals surface area contributed by atoms with Gasteiger partial charge in [-0.05, 0) is 57.8 Å². The predicted molar refractivity (Wildman–Crippen MR) is 221 cm³/mol. The first kappa shape index (κ1) is 52.6. The molecule has 0 saturated heterocycles. The summed E-state index contributed by atoms with van der Waals surface area (Å²) in [4.78, 5) is 35.6. The molecule has 8 atom stereocenters. The van der Waals surface area contributed by atoms with E-state index < -0.39 is 75.7 Å². The van der Waals surface area contributed by atoms with Crippen molar-refractivity contribution in [3.63, 3.8) is 0 Å². The lowest BCUT2D eigenvalue weighted by Crippen LogP contribution is -2.64. The van der Waals surface area contributed by atoms with Crippen LogP contribution < -0.4 is 0 Å². The summed E-state index contributed by atoms with van der Waals surface area (Å²) in [7, 11) is -5.13. The summed E-state index contributed by atoms with van der Waals surface area (Å²) in [6.45, 7) is 3.09. The van der Waals surface area contributed by atoms with Gasteiger partial charge in [-0.25, -0.2) is 4.57 Å². The fraction of sp³-hybridized carbons (Fsp3) is 0.721. The highest BCUT2D eigenvalue weighted by molar-refractivity contribution is 7.47. The molecular formula is C43H73O13P. The number of unbranched alkanes of at least 4 members (excludes halogenated alkanes) is 14. The first-order valence-electron chi connectivity index (χ1n) is 21.1. The van der Waals surface area contributed by atoms with Gasteiger partial charge in [-0.3, -0.25) is 18.6 Å². The van der Waals surface area contributed by atoms with Crippen molar-refractivity contribution in [1.82, 2.24) is 0 Å². The second-order valence-electron chi connectivity index (χ2n) is 14.6. The fourth-order valence-electron chi connectivity index (χ4n) is 6.00. The van der Waals surface area contributed by atoms with Crippen LogP contribution >= 0.6 is 7.82 Å². The van der Waals surface area contributed by atoms with Crippen molar-refractivity contribution in [1.29, 1.82) is 0 Å². The minimum Gasteiger partial charge on any atom is -0.462 e. The molecular weight excluding hydrogens is 755 g/mol. The van der Waals surface area contributed by atoms with E-state index >= 15 is 0 Å². The molecule has 14 heteroatoms. The molecule has 0 aromatic heterocycles. The molecule has 1 saturated carbocycles. The quantitative estimate of drug-likeness (QED) is 0.0126. The van der Waals surface area contributed by atoms with Crippen LogP contribution in [0.25, 0.3) is 0 Å². The topological polar surface area (TPSA) is 210 Å². The zero-order chi connectivity index (χ0) is 42.2. The van der Waals surface area contributed by atoms with Gasteiger partial charge in [0.15, 0.2) is 6.10 Å². The molecule has 57 heavy (non-hydrogen) atoms. The van der Waals surface area contributed by atoms with Crippen LogP contribution in [0.3, 0.4) is 0 Å². The first-order valence-corrected chi connectivity index (χ1v) is 22.6. The van der Waals surface area contributed by atoms with E-state index in [0.29, 0.717) is 12.8 Å². The van der Waals surface area contributed by atoms with Crippen molar-refractivity contribution in [2.24, 2.45) is 0 Å². The van der Waals surface area contributed by atoms with Crippen molar-refractivity contribution in [3.05, 3.63) is 60.8 Å². The van der Waals surface area contributed by atoms with E-state index in [0.717, 1.165) is 64.2 Å². The molecule has 0 aromatic rings. The van der Waals surface area contributed by atoms with Crippen molar-refractivity contribution >= 4 is 19.8 Å². The lowest BCUT2D eigenvalue weighted by molar-refractivity contribution is -0.220. The van der Waals surface area contributed by atoms with Crippen LogP contribution in [0, 0.1) is 0 Å². The van der Waals surface area contributed by atoms with Crippen LogP contribution in [0.2, 0.25) is 0 Å². The van der Waals surface area contributed by atoms with Gasteiger partial charge in [-0.1, -0.05) is 132 Å². The Labute approximate surface area is 341 Å². The van der Waals surface area contributed by atoms with Gasteiger partial charge in [-0.2, -0.15) is 0 Å². The Bertz CT molecular complexity index is 1230. The summed E-state index contributed by atoms with van der Waals surface area (Å²) in [6.07, 6.45) is 25.7. The summed E-state index contributed by atoms with van der Waals surface area (Å²) in [5.41, 5.74) is 0. The summed E-state index contributed by atoms with van der Waals surface area (Å²) >= 11 is 0. The number of ether oxygens (including phenoxy) is 2. The standard InChI is InChI=1S/C43H73O13P/c1-3-5-7-9-11-13-15-17-18-20-22-24-26-28-30-32-37(45)55-35(34-54-57(51,52)56-43-41(49)39(47)38(46)40(48)42(43)50)33-53-36(44)31-29-27-25-23-21-19-16-14-12-10-8-6-4-2/h5,7,9,11,13,15,17-19,21,35,38-43,46-50H,3-4,6,8,10,12,14,16,20,22-34H2,1-2H3,(H,51,52)/b7-5+,11-9+,15-13+,18-17+,21-19+/t35-,38?,39-,40?,41?,42?,43?/m1/s1. The number of hydrogen-bond donors (Lipinski definition) is 6. The molecule has 328 valence electrons. The molecule has 6 unspecified atom stereocenters. The van der Waals surface area contributed by atoms with Gasteiger partial charge >= 0.3 is 19.8 Å². The lowest BCUT2D eigenvalue weighted by atomic mass is 9.85. The number of phosphoric acid groups is 1. The van der Waals surface area contributed by atoms with Crippen molar-refractivity contribution < 1.29 is 63.1 Å². The van der Waals surface area contributed by atoms with E-state index in [1.54, 1.807) is 0 Å². The van der Waals surface area contributed by atoms with Crippen LogP contribution in [-0.4, -0.2) is 98.3 Å². The molecule has 0 aliphatic heterocycles. The van der Waals surface area contributed by atoms with Crippen LogP contribution in [0.5, 0.6) is 0 Å². The fourth-order valence-corrected chi connectivity index (χ4v) is 6.97. The van der Waals surface area contributed by atoms with Crippen LogP contribution in [0.15, 0.2) is 60.8 Å². The maximum absolute atomic E-state index is 12.8. The largest absolute Gasteiger partial charge is 0.472 e. The number of hydrogen-bond acceptors (Lipinski definition) is 12. The molecule has 0 bridgehead atoms. The summed E-state index contributed by atoms with van der Waals surface area (Å²) < 4.78 is 33.4. The van der Waals surface area contributed by atoms with E-state index in [1.807, 2.05) is 36.5 Å².